The Hall–Kier alpha value is -2.93. The van der Waals surface area contributed by atoms with Gasteiger partial charge >= 0.3 is 0 Å². The Morgan fingerprint density at radius 3 is 2.52 bits per heavy atom. The molecule has 162 valence electrons. The second-order valence-corrected chi connectivity index (χ2v) is 8.90. The molecule has 31 heavy (non-hydrogen) atoms. The number of hydrogen-bond donors (Lipinski definition) is 1. The Balaban J connectivity index is 1.40. The van der Waals surface area contributed by atoms with Crippen molar-refractivity contribution in [2.75, 3.05) is 61.4 Å². The van der Waals surface area contributed by atoms with Gasteiger partial charge in [-0.15, -0.1) is 0 Å². The molecule has 2 aliphatic rings. The molecule has 4 heterocycles. The summed E-state index contributed by atoms with van der Waals surface area (Å²) in [6.45, 7) is 8.67. The highest BCUT2D eigenvalue weighted by molar-refractivity contribution is 5.88. The quantitative estimate of drug-likeness (QED) is 0.694. The minimum absolute atomic E-state index is 0.667. The fourth-order valence-corrected chi connectivity index (χ4v) is 4.51. The van der Waals surface area contributed by atoms with Crippen LogP contribution in [0.25, 0.3) is 11.0 Å². The van der Waals surface area contributed by atoms with Crippen LogP contribution in [0.3, 0.4) is 0 Å². The molecule has 2 aromatic heterocycles. The standard InChI is InChI=1S/C24H31N7/c1-18-5-4-12-31(17-18)24-27-21-6-3-11-25-22(21)23(28-24)26-19-7-9-20(10-8-19)30-15-13-29(2)14-16-30/h3,6-11,18H,4-5,12-17H2,1-2H3,(H,26,27,28)/t18-/m1/s1. The molecule has 5 rings (SSSR count). The Kier molecular flexibility index (Phi) is 5.59. The van der Waals surface area contributed by atoms with Gasteiger partial charge in [-0.05, 0) is 62.2 Å². The van der Waals surface area contributed by atoms with Gasteiger partial charge in [0, 0.05) is 56.8 Å². The van der Waals surface area contributed by atoms with E-state index in [1.54, 1.807) is 6.20 Å². The molecule has 7 nitrogen and oxygen atoms in total. The lowest BCUT2D eigenvalue weighted by molar-refractivity contribution is 0.313. The zero-order chi connectivity index (χ0) is 21.2. The van der Waals surface area contributed by atoms with Crippen LogP contribution in [0.2, 0.25) is 0 Å². The number of likely N-dealkylation sites (N-methyl/N-ethyl adjacent to an activating group) is 1. The van der Waals surface area contributed by atoms with Crippen molar-refractivity contribution in [2.45, 2.75) is 19.8 Å². The summed E-state index contributed by atoms with van der Waals surface area (Å²) in [5.41, 5.74) is 3.97. The first kappa shape index (κ1) is 20.0. The van der Waals surface area contributed by atoms with Crippen LogP contribution in [0.15, 0.2) is 42.6 Å². The number of piperazine rings is 1. The summed E-state index contributed by atoms with van der Waals surface area (Å²) in [7, 11) is 2.18. The summed E-state index contributed by atoms with van der Waals surface area (Å²) in [5.74, 6) is 2.23. The third kappa shape index (κ3) is 4.42. The van der Waals surface area contributed by atoms with E-state index in [2.05, 4.69) is 63.2 Å². The first-order valence-corrected chi connectivity index (χ1v) is 11.3. The van der Waals surface area contributed by atoms with Crippen LogP contribution in [0.4, 0.5) is 23.1 Å². The molecule has 0 saturated carbocycles. The van der Waals surface area contributed by atoms with Gasteiger partial charge < -0.3 is 20.0 Å². The normalized spacial score (nSPS) is 20.3. The number of nitrogens with one attached hydrogen (secondary N) is 1. The van der Waals surface area contributed by atoms with Crippen LogP contribution in [0, 0.1) is 5.92 Å². The van der Waals surface area contributed by atoms with Crippen LogP contribution >= 0.6 is 0 Å². The molecule has 2 fully saturated rings. The molecule has 1 N–H and O–H groups in total. The SMILES string of the molecule is C[C@@H]1CCCN(c2nc(Nc3ccc(N4CCN(C)CC4)cc3)c3ncccc3n2)C1. The summed E-state index contributed by atoms with van der Waals surface area (Å²) in [6, 6.07) is 12.6. The molecule has 1 atom stereocenters. The van der Waals surface area contributed by atoms with Gasteiger partial charge in [0.2, 0.25) is 5.95 Å². The van der Waals surface area contributed by atoms with Gasteiger partial charge in [-0.3, -0.25) is 4.98 Å². The van der Waals surface area contributed by atoms with Gasteiger partial charge in [-0.1, -0.05) is 6.92 Å². The average molecular weight is 418 g/mol. The maximum atomic E-state index is 4.90. The predicted molar refractivity (Wildman–Crippen MR) is 127 cm³/mol. The van der Waals surface area contributed by atoms with E-state index in [-0.39, 0.29) is 0 Å². The van der Waals surface area contributed by atoms with E-state index in [0.717, 1.165) is 67.8 Å². The molecular formula is C24H31N7. The molecule has 7 heteroatoms. The van der Waals surface area contributed by atoms with Crippen LogP contribution < -0.4 is 15.1 Å². The van der Waals surface area contributed by atoms with Gasteiger partial charge in [-0.2, -0.15) is 4.98 Å². The Labute approximate surface area is 184 Å². The molecule has 0 aliphatic carbocycles. The van der Waals surface area contributed by atoms with E-state index < -0.39 is 0 Å². The fourth-order valence-electron chi connectivity index (χ4n) is 4.51. The van der Waals surface area contributed by atoms with E-state index in [1.807, 2.05) is 12.1 Å². The molecule has 0 spiro atoms. The topological polar surface area (TPSA) is 60.4 Å². The van der Waals surface area contributed by atoms with Gasteiger partial charge in [0.05, 0.1) is 5.52 Å². The maximum absolute atomic E-state index is 4.90. The van der Waals surface area contributed by atoms with Crippen LogP contribution in [0.1, 0.15) is 19.8 Å². The Morgan fingerprint density at radius 2 is 1.74 bits per heavy atom. The number of nitrogens with zero attached hydrogens (tertiary/aromatic N) is 6. The van der Waals surface area contributed by atoms with Crippen molar-refractivity contribution in [3.63, 3.8) is 0 Å². The van der Waals surface area contributed by atoms with E-state index in [9.17, 15) is 0 Å². The number of pyridine rings is 1. The van der Waals surface area contributed by atoms with Crippen molar-refractivity contribution in [1.82, 2.24) is 19.9 Å². The lowest BCUT2D eigenvalue weighted by Gasteiger charge is -2.34. The van der Waals surface area contributed by atoms with Crippen molar-refractivity contribution < 1.29 is 0 Å². The highest BCUT2D eigenvalue weighted by Crippen LogP contribution is 2.28. The van der Waals surface area contributed by atoms with Crippen LogP contribution in [-0.2, 0) is 0 Å². The van der Waals surface area contributed by atoms with Crippen molar-refractivity contribution in [1.29, 1.82) is 0 Å². The van der Waals surface area contributed by atoms with Crippen molar-refractivity contribution >= 4 is 34.2 Å². The number of benzene rings is 1. The first-order chi connectivity index (χ1) is 15.2. The molecule has 1 aromatic carbocycles. The highest BCUT2D eigenvalue weighted by Gasteiger charge is 2.21. The lowest BCUT2D eigenvalue weighted by atomic mass is 10.0. The van der Waals surface area contributed by atoms with Crippen LogP contribution in [0.5, 0.6) is 0 Å². The van der Waals surface area contributed by atoms with Gasteiger partial charge in [-0.25, -0.2) is 4.98 Å². The number of rotatable bonds is 4. The fraction of sp³-hybridized carbons (Fsp3) is 0.458. The maximum Gasteiger partial charge on any atom is 0.228 e. The molecule has 0 radical (unpaired) electrons. The molecule has 3 aromatic rings. The predicted octanol–water partition coefficient (Wildman–Crippen LogP) is 3.76. The smallest absolute Gasteiger partial charge is 0.228 e. The number of hydrogen-bond acceptors (Lipinski definition) is 7. The minimum atomic E-state index is 0.667. The summed E-state index contributed by atoms with van der Waals surface area (Å²) >= 11 is 0. The molecule has 2 aliphatic heterocycles. The number of anilines is 4. The largest absolute Gasteiger partial charge is 0.369 e. The Bertz CT molecular complexity index is 1030. The lowest BCUT2D eigenvalue weighted by Crippen LogP contribution is -2.44. The second-order valence-electron chi connectivity index (χ2n) is 8.90. The van der Waals surface area contributed by atoms with E-state index in [0.29, 0.717) is 5.92 Å². The van der Waals surface area contributed by atoms with E-state index in [1.165, 1.54) is 18.5 Å². The van der Waals surface area contributed by atoms with Crippen molar-refractivity contribution in [2.24, 2.45) is 5.92 Å². The second kappa shape index (κ2) is 8.67. The molecule has 2 saturated heterocycles. The summed E-state index contributed by atoms with van der Waals surface area (Å²) in [5, 5.41) is 3.51. The summed E-state index contributed by atoms with van der Waals surface area (Å²) in [4.78, 5) is 21.4. The summed E-state index contributed by atoms with van der Waals surface area (Å²) in [6.07, 6.45) is 4.26. The highest BCUT2D eigenvalue weighted by atomic mass is 15.3. The van der Waals surface area contributed by atoms with E-state index >= 15 is 0 Å². The van der Waals surface area contributed by atoms with Crippen molar-refractivity contribution in [3.8, 4) is 0 Å². The Morgan fingerprint density at radius 1 is 0.935 bits per heavy atom. The monoisotopic (exact) mass is 417 g/mol. The molecular weight excluding hydrogens is 386 g/mol. The third-order valence-corrected chi connectivity index (χ3v) is 6.38. The van der Waals surface area contributed by atoms with Gasteiger partial charge in [0.15, 0.2) is 5.82 Å². The third-order valence-electron chi connectivity index (χ3n) is 6.38. The number of fused-ring (bicyclic) bond motifs is 1. The first-order valence-electron chi connectivity index (χ1n) is 11.3. The van der Waals surface area contributed by atoms with Gasteiger partial charge in [0.1, 0.15) is 5.52 Å². The van der Waals surface area contributed by atoms with Crippen LogP contribution in [-0.4, -0.2) is 66.2 Å². The van der Waals surface area contributed by atoms with Crippen molar-refractivity contribution in [3.05, 3.63) is 42.6 Å². The zero-order valence-electron chi connectivity index (χ0n) is 18.5. The molecule has 0 bridgehead atoms. The number of aromatic nitrogens is 3. The molecule has 0 amide bonds. The molecule has 0 unspecified atom stereocenters. The van der Waals surface area contributed by atoms with Gasteiger partial charge in [0.25, 0.3) is 0 Å². The zero-order valence-corrected chi connectivity index (χ0v) is 18.5. The number of piperidine rings is 1. The summed E-state index contributed by atoms with van der Waals surface area (Å²) < 4.78 is 0. The minimum Gasteiger partial charge on any atom is -0.369 e. The van der Waals surface area contributed by atoms with E-state index in [4.69, 9.17) is 9.97 Å². The average Bonchev–Trinajstić information content (AvgIpc) is 2.80.